The molecule has 32 heavy (non-hydrogen) atoms. The maximum atomic E-state index is 12.7. The number of hydrogen-bond donors (Lipinski definition) is 1. The Kier molecular flexibility index (Phi) is 7.47. The summed E-state index contributed by atoms with van der Waals surface area (Å²) in [6.07, 6.45) is -4.06. The molecule has 0 saturated carbocycles. The predicted octanol–water partition coefficient (Wildman–Crippen LogP) is 4.07. The summed E-state index contributed by atoms with van der Waals surface area (Å²) in [5.41, 5.74) is 1.30. The van der Waals surface area contributed by atoms with E-state index in [9.17, 15) is 28.1 Å². The number of rotatable bonds is 7. The van der Waals surface area contributed by atoms with E-state index in [2.05, 4.69) is 15.1 Å². The van der Waals surface area contributed by atoms with E-state index in [0.717, 1.165) is 49.4 Å². The predicted molar refractivity (Wildman–Crippen MR) is 114 cm³/mol. The second-order valence-electron chi connectivity index (χ2n) is 7.87. The minimum Gasteiger partial charge on any atom is -0.326 e. The Morgan fingerprint density at radius 1 is 1.06 bits per heavy atom. The molecule has 1 aliphatic rings. The summed E-state index contributed by atoms with van der Waals surface area (Å²) in [5.74, 6) is -0.208. The molecule has 1 saturated heterocycles. The van der Waals surface area contributed by atoms with Gasteiger partial charge in [0.05, 0.1) is 16.2 Å². The van der Waals surface area contributed by atoms with E-state index >= 15 is 0 Å². The van der Waals surface area contributed by atoms with Crippen LogP contribution in [-0.4, -0.2) is 53.4 Å². The molecule has 1 N–H and O–H groups in total. The highest BCUT2D eigenvalue weighted by molar-refractivity contribution is 5.92. The third kappa shape index (κ3) is 6.51. The van der Waals surface area contributed by atoms with Gasteiger partial charge in [-0.3, -0.25) is 19.8 Å². The molecule has 1 aliphatic heterocycles. The fourth-order valence-corrected chi connectivity index (χ4v) is 3.56. The van der Waals surface area contributed by atoms with Crippen LogP contribution in [0.25, 0.3) is 0 Å². The summed E-state index contributed by atoms with van der Waals surface area (Å²) in [6, 6.07) is 9.58. The average Bonchev–Trinajstić information content (AvgIpc) is 2.74. The number of non-ortho nitro benzene ring substituents is 1. The number of halogens is 3. The fraction of sp³-hybridized carbons (Fsp3) is 0.409. The first kappa shape index (κ1) is 23.7. The van der Waals surface area contributed by atoms with Crippen LogP contribution in [0.4, 0.5) is 24.5 Å². The van der Waals surface area contributed by atoms with Crippen molar-refractivity contribution in [1.82, 2.24) is 9.80 Å². The van der Waals surface area contributed by atoms with Gasteiger partial charge in [0.15, 0.2) is 0 Å². The van der Waals surface area contributed by atoms with Crippen molar-refractivity contribution in [1.29, 1.82) is 0 Å². The highest BCUT2D eigenvalue weighted by atomic mass is 19.4. The van der Waals surface area contributed by atoms with Gasteiger partial charge in [-0.2, -0.15) is 13.2 Å². The number of nitrogens with zero attached hydrogens (tertiary/aromatic N) is 3. The highest BCUT2D eigenvalue weighted by Crippen LogP contribution is 2.29. The van der Waals surface area contributed by atoms with Crippen LogP contribution in [0.5, 0.6) is 0 Å². The number of carbonyl (C=O) groups excluding carboxylic acids is 1. The molecule has 0 unspecified atom stereocenters. The molecular formula is C22H25F3N4O3. The molecule has 3 rings (SSSR count). The molecule has 2 aromatic rings. The van der Waals surface area contributed by atoms with Gasteiger partial charge in [-0.15, -0.1) is 0 Å². The molecule has 0 radical (unpaired) electrons. The number of piperazine rings is 1. The summed E-state index contributed by atoms with van der Waals surface area (Å²) in [4.78, 5) is 27.0. The zero-order valence-electron chi connectivity index (χ0n) is 17.7. The monoisotopic (exact) mass is 450 g/mol. The summed E-state index contributed by atoms with van der Waals surface area (Å²) in [6.45, 7) is 5.94. The quantitative estimate of drug-likeness (QED) is 0.508. The number of aryl methyl sites for hydroxylation is 1. The Balaban J connectivity index is 1.42. The second-order valence-corrected chi connectivity index (χ2v) is 7.87. The molecule has 0 atom stereocenters. The van der Waals surface area contributed by atoms with Crippen molar-refractivity contribution >= 4 is 17.3 Å². The van der Waals surface area contributed by atoms with E-state index in [1.54, 1.807) is 13.0 Å². The molecule has 0 aromatic heterocycles. The lowest BCUT2D eigenvalue weighted by Crippen LogP contribution is -2.46. The summed E-state index contributed by atoms with van der Waals surface area (Å²) < 4.78 is 38.0. The first-order valence-corrected chi connectivity index (χ1v) is 10.3. The van der Waals surface area contributed by atoms with Crippen molar-refractivity contribution in [2.24, 2.45) is 0 Å². The highest BCUT2D eigenvalue weighted by Gasteiger charge is 2.30. The minimum absolute atomic E-state index is 0.0740. The Labute approximate surface area is 184 Å². The third-order valence-electron chi connectivity index (χ3n) is 5.51. The molecule has 1 amide bonds. The maximum absolute atomic E-state index is 12.7. The number of nitro groups is 1. The van der Waals surface area contributed by atoms with Crippen molar-refractivity contribution in [3.8, 4) is 0 Å². The molecule has 7 nitrogen and oxygen atoms in total. The molecule has 1 fully saturated rings. The van der Waals surface area contributed by atoms with E-state index in [1.165, 1.54) is 24.3 Å². The Bertz CT molecular complexity index is 956. The van der Waals surface area contributed by atoms with Crippen molar-refractivity contribution in [2.75, 3.05) is 38.0 Å². The van der Waals surface area contributed by atoms with Crippen LogP contribution in [-0.2, 0) is 17.5 Å². The molecule has 0 spiro atoms. The number of anilines is 1. The number of benzene rings is 2. The van der Waals surface area contributed by atoms with Gasteiger partial charge < -0.3 is 10.2 Å². The summed E-state index contributed by atoms with van der Waals surface area (Å²) in [7, 11) is 0. The van der Waals surface area contributed by atoms with E-state index < -0.39 is 16.7 Å². The normalized spacial score (nSPS) is 15.5. The van der Waals surface area contributed by atoms with Crippen LogP contribution in [0, 0.1) is 17.0 Å². The standard InChI is InChI=1S/C22H25F3N4O3/c1-16-2-7-19(29(31)32)14-20(16)26-21(30)8-9-27-10-12-28(13-11-27)15-17-3-5-18(6-4-17)22(23,24)25/h2-7,14H,8-13,15H2,1H3,(H,26,30). The zero-order chi connectivity index (χ0) is 23.3. The number of amides is 1. The average molecular weight is 450 g/mol. The van der Waals surface area contributed by atoms with Crippen molar-refractivity contribution < 1.29 is 22.9 Å². The maximum Gasteiger partial charge on any atom is 0.416 e. The van der Waals surface area contributed by atoms with Gasteiger partial charge >= 0.3 is 6.18 Å². The third-order valence-corrected chi connectivity index (χ3v) is 5.51. The van der Waals surface area contributed by atoms with Crippen molar-refractivity contribution in [2.45, 2.75) is 26.1 Å². The van der Waals surface area contributed by atoms with Crippen molar-refractivity contribution in [3.05, 3.63) is 69.3 Å². The molecule has 0 bridgehead atoms. The lowest BCUT2D eigenvalue weighted by molar-refractivity contribution is -0.384. The van der Waals surface area contributed by atoms with Gasteiger partial charge in [0.2, 0.25) is 5.91 Å². The molecule has 10 heteroatoms. The lowest BCUT2D eigenvalue weighted by atomic mass is 10.1. The smallest absolute Gasteiger partial charge is 0.326 e. The van der Waals surface area contributed by atoms with Gasteiger partial charge in [-0.1, -0.05) is 18.2 Å². The topological polar surface area (TPSA) is 78.7 Å². The fourth-order valence-electron chi connectivity index (χ4n) is 3.56. The zero-order valence-corrected chi connectivity index (χ0v) is 17.7. The van der Waals surface area contributed by atoms with Gasteiger partial charge in [0.25, 0.3) is 5.69 Å². The number of alkyl halides is 3. The van der Waals surface area contributed by atoms with Crippen LogP contribution in [0.1, 0.15) is 23.1 Å². The number of hydrogen-bond acceptors (Lipinski definition) is 5. The van der Waals surface area contributed by atoms with Crippen LogP contribution >= 0.6 is 0 Å². The van der Waals surface area contributed by atoms with Crippen LogP contribution in [0.2, 0.25) is 0 Å². The van der Waals surface area contributed by atoms with Crippen molar-refractivity contribution in [3.63, 3.8) is 0 Å². The van der Waals surface area contributed by atoms with Gasteiger partial charge in [-0.25, -0.2) is 0 Å². The van der Waals surface area contributed by atoms with Crippen LogP contribution in [0.15, 0.2) is 42.5 Å². The number of carbonyl (C=O) groups is 1. The van der Waals surface area contributed by atoms with E-state index in [0.29, 0.717) is 18.8 Å². The van der Waals surface area contributed by atoms with Crippen LogP contribution < -0.4 is 5.32 Å². The minimum atomic E-state index is -4.33. The molecule has 0 aliphatic carbocycles. The number of nitrogens with one attached hydrogen (secondary N) is 1. The Hall–Kier alpha value is -2.98. The summed E-state index contributed by atoms with van der Waals surface area (Å²) >= 11 is 0. The van der Waals surface area contributed by atoms with E-state index in [4.69, 9.17) is 0 Å². The van der Waals surface area contributed by atoms with E-state index in [-0.39, 0.29) is 18.0 Å². The van der Waals surface area contributed by atoms with Crippen LogP contribution in [0.3, 0.4) is 0 Å². The molecule has 2 aromatic carbocycles. The molecule has 172 valence electrons. The Morgan fingerprint density at radius 2 is 1.69 bits per heavy atom. The molecule has 1 heterocycles. The SMILES string of the molecule is Cc1ccc([N+](=O)[O-])cc1NC(=O)CCN1CCN(Cc2ccc(C(F)(F)F)cc2)CC1. The van der Waals surface area contributed by atoms with Gasteiger partial charge in [0.1, 0.15) is 0 Å². The summed E-state index contributed by atoms with van der Waals surface area (Å²) in [5, 5.41) is 13.7. The van der Waals surface area contributed by atoms with Gasteiger partial charge in [-0.05, 0) is 30.2 Å². The van der Waals surface area contributed by atoms with Gasteiger partial charge in [0, 0.05) is 57.8 Å². The number of nitro benzene ring substituents is 1. The Morgan fingerprint density at radius 3 is 2.28 bits per heavy atom. The first-order chi connectivity index (χ1) is 15.1. The van der Waals surface area contributed by atoms with E-state index in [1.807, 2.05) is 0 Å². The lowest BCUT2D eigenvalue weighted by Gasteiger charge is -2.34. The second kappa shape index (κ2) is 10.1. The molecular weight excluding hydrogens is 425 g/mol. The largest absolute Gasteiger partial charge is 0.416 e. The first-order valence-electron chi connectivity index (χ1n) is 10.3.